The highest BCUT2D eigenvalue weighted by molar-refractivity contribution is 7.15. The lowest BCUT2D eigenvalue weighted by molar-refractivity contribution is -0.115. The minimum atomic E-state index is -0.429. The van der Waals surface area contributed by atoms with Crippen molar-refractivity contribution in [1.29, 1.82) is 0 Å². The molecule has 2 N–H and O–H groups in total. The molecular formula is C24H26N2O3S. The Balaban J connectivity index is 1.66. The summed E-state index contributed by atoms with van der Waals surface area (Å²) in [6.45, 7) is 4.93. The van der Waals surface area contributed by atoms with E-state index in [2.05, 4.69) is 22.8 Å². The maximum absolute atomic E-state index is 12.6. The van der Waals surface area contributed by atoms with Crippen LogP contribution in [-0.4, -0.2) is 31.6 Å². The van der Waals surface area contributed by atoms with Gasteiger partial charge in [0.25, 0.3) is 0 Å². The van der Waals surface area contributed by atoms with Crippen molar-refractivity contribution in [1.82, 2.24) is 5.32 Å². The van der Waals surface area contributed by atoms with E-state index in [0.29, 0.717) is 17.1 Å². The zero-order valence-electron chi connectivity index (χ0n) is 17.2. The van der Waals surface area contributed by atoms with Crippen molar-refractivity contribution >= 4 is 28.2 Å². The lowest BCUT2D eigenvalue weighted by atomic mass is 10.0. The number of aryl methyl sites for hydroxylation is 1. The Bertz CT molecular complexity index is 981. The Hall–Kier alpha value is -2.96. The van der Waals surface area contributed by atoms with E-state index in [1.807, 2.05) is 54.8 Å². The van der Waals surface area contributed by atoms with Gasteiger partial charge in [-0.15, -0.1) is 11.3 Å². The predicted molar refractivity (Wildman–Crippen MR) is 122 cm³/mol. The Morgan fingerprint density at radius 3 is 2.47 bits per heavy atom. The molecule has 30 heavy (non-hydrogen) atoms. The lowest BCUT2D eigenvalue weighted by Gasteiger charge is -2.10. The molecule has 0 atom stereocenters. The fourth-order valence-electron chi connectivity index (χ4n) is 3.05. The molecule has 0 fully saturated rings. The Morgan fingerprint density at radius 2 is 1.77 bits per heavy atom. The molecule has 1 heterocycles. The van der Waals surface area contributed by atoms with Gasteiger partial charge in [-0.3, -0.25) is 4.79 Å². The number of amides is 1. The molecule has 1 amide bonds. The highest BCUT2D eigenvalue weighted by atomic mass is 32.1. The molecule has 0 aliphatic carbocycles. The number of carbonyl (C=O) groups is 2. The van der Waals surface area contributed by atoms with Crippen molar-refractivity contribution < 1.29 is 14.3 Å². The second-order valence-corrected chi connectivity index (χ2v) is 7.78. The number of anilines is 1. The second kappa shape index (κ2) is 10.7. The number of esters is 1. The third kappa shape index (κ3) is 5.78. The van der Waals surface area contributed by atoms with E-state index >= 15 is 0 Å². The summed E-state index contributed by atoms with van der Waals surface area (Å²) < 4.78 is 5.24. The topological polar surface area (TPSA) is 67.4 Å². The van der Waals surface area contributed by atoms with E-state index in [1.165, 1.54) is 16.9 Å². The van der Waals surface area contributed by atoms with Crippen LogP contribution in [0.1, 0.15) is 28.4 Å². The molecule has 2 aromatic carbocycles. The summed E-state index contributed by atoms with van der Waals surface area (Å²) in [6, 6.07) is 18.0. The Morgan fingerprint density at radius 1 is 1.03 bits per heavy atom. The molecule has 0 radical (unpaired) electrons. The maximum Gasteiger partial charge on any atom is 0.341 e. The molecule has 0 aliphatic heterocycles. The normalized spacial score (nSPS) is 10.6. The summed E-state index contributed by atoms with van der Waals surface area (Å²) in [7, 11) is 0. The smallest absolute Gasteiger partial charge is 0.341 e. The van der Waals surface area contributed by atoms with E-state index in [-0.39, 0.29) is 19.1 Å². The van der Waals surface area contributed by atoms with Gasteiger partial charge in [0, 0.05) is 10.9 Å². The van der Waals surface area contributed by atoms with Gasteiger partial charge in [0.15, 0.2) is 0 Å². The molecule has 0 aliphatic rings. The van der Waals surface area contributed by atoms with Crippen molar-refractivity contribution in [3.63, 3.8) is 0 Å². The molecule has 0 bridgehead atoms. The van der Waals surface area contributed by atoms with Crippen LogP contribution in [0.3, 0.4) is 0 Å². The summed E-state index contributed by atoms with van der Waals surface area (Å²) >= 11 is 1.33. The number of hydrogen-bond donors (Lipinski definition) is 2. The van der Waals surface area contributed by atoms with Crippen molar-refractivity contribution in [2.24, 2.45) is 0 Å². The average molecular weight is 423 g/mol. The van der Waals surface area contributed by atoms with Gasteiger partial charge >= 0.3 is 5.97 Å². The first kappa shape index (κ1) is 21.7. The van der Waals surface area contributed by atoms with Gasteiger partial charge in [0.1, 0.15) is 10.6 Å². The highest BCUT2D eigenvalue weighted by Gasteiger charge is 2.22. The van der Waals surface area contributed by atoms with Crippen LogP contribution in [0.2, 0.25) is 0 Å². The molecule has 1 aromatic heterocycles. The number of benzene rings is 2. The molecule has 0 spiro atoms. The molecule has 3 aromatic rings. The van der Waals surface area contributed by atoms with E-state index < -0.39 is 5.97 Å². The number of thiophene rings is 1. The van der Waals surface area contributed by atoms with E-state index in [0.717, 1.165) is 23.1 Å². The van der Waals surface area contributed by atoms with Crippen LogP contribution in [0, 0.1) is 6.92 Å². The van der Waals surface area contributed by atoms with Crippen LogP contribution in [0.25, 0.3) is 11.1 Å². The molecule has 156 valence electrons. The zero-order chi connectivity index (χ0) is 21.3. The van der Waals surface area contributed by atoms with Gasteiger partial charge in [-0.2, -0.15) is 0 Å². The van der Waals surface area contributed by atoms with Crippen LogP contribution < -0.4 is 10.6 Å². The van der Waals surface area contributed by atoms with E-state index in [4.69, 9.17) is 4.74 Å². The van der Waals surface area contributed by atoms with Crippen LogP contribution >= 0.6 is 11.3 Å². The first-order valence-corrected chi connectivity index (χ1v) is 10.9. The fourth-order valence-corrected chi connectivity index (χ4v) is 4.03. The number of nitrogens with one attached hydrogen (secondary N) is 2. The van der Waals surface area contributed by atoms with E-state index in [1.54, 1.807) is 6.92 Å². The first-order chi connectivity index (χ1) is 14.6. The second-order valence-electron chi connectivity index (χ2n) is 6.90. The van der Waals surface area contributed by atoms with Gasteiger partial charge in [-0.1, -0.05) is 60.2 Å². The summed E-state index contributed by atoms with van der Waals surface area (Å²) in [5, 5.41) is 8.41. The largest absolute Gasteiger partial charge is 0.462 e. The van der Waals surface area contributed by atoms with Gasteiger partial charge in [0.2, 0.25) is 5.91 Å². The van der Waals surface area contributed by atoms with Gasteiger partial charge < -0.3 is 15.4 Å². The quantitative estimate of drug-likeness (QED) is 0.388. The average Bonchev–Trinajstić information content (AvgIpc) is 3.16. The minimum absolute atomic E-state index is 0.173. The summed E-state index contributed by atoms with van der Waals surface area (Å²) in [4.78, 5) is 25.0. The van der Waals surface area contributed by atoms with Gasteiger partial charge in [0.05, 0.1) is 13.2 Å². The first-order valence-electron chi connectivity index (χ1n) is 9.98. The molecule has 0 saturated heterocycles. The number of rotatable bonds is 9. The third-order valence-corrected chi connectivity index (χ3v) is 5.50. The van der Waals surface area contributed by atoms with Crippen LogP contribution in [0.15, 0.2) is 60.0 Å². The van der Waals surface area contributed by atoms with Crippen LogP contribution in [-0.2, 0) is 16.0 Å². The maximum atomic E-state index is 12.6. The van der Waals surface area contributed by atoms with Gasteiger partial charge in [-0.25, -0.2) is 4.79 Å². The summed E-state index contributed by atoms with van der Waals surface area (Å²) in [5.41, 5.74) is 4.45. The fraction of sp³-hybridized carbons (Fsp3) is 0.250. The van der Waals surface area contributed by atoms with Crippen molar-refractivity contribution in [2.45, 2.75) is 20.3 Å². The van der Waals surface area contributed by atoms with Crippen LogP contribution in [0.5, 0.6) is 0 Å². The monoisotopic (exact) mass is 422 g/mol. The SMILES string of the molecule is CCOC(=O)c1c(-c2ccc(C)cc2)csc1NC(=O)CNCCc1ccccc1. The van der Waals surface area contributed by atoms with Crippen molar-refractivity contribution in [3.05, 3.63) is 76.7 Å². The molecule has 0 saturated carbocycles. The van der Waals surface area contributed by atoms with Crippen molar-refractivity contribution in [3.8, 4) is 11.1 Å². The van der Waals surface area contributed by atoms with Crippen LogP contribution in [0.4, 0.5) is 5.00 Å². The number of ether oxygens (including phenoxy) is 1. The standard InChI is InChI=1S/C24H26N2O3S/c1-3-29-24(28)22-20(19-11-9-17(2)10-12-19)16-30-23(22)26-21(27)15-25-14-13-18-7-5-4-6-8-18/h4-12,16,25H,3,13-15H2,1-2H3,(H,26,27). The molecule has 3 rings (SSSR count). The van der Waals surface area contributed by atoms with Crippen molar-refractivity contribution in [2.75, 3.05) is 25.0 Å². The lowest BCUT2D eigenvalue weighted by Crippen LogP contribution is -2.29. The van der Waals surface area contributed by atoms with Gasteiger partial charge in [-0.05, 0) is 37.9 Å². The Labute approximate surface area is 181 Å². The molecular weight excluding hydrogens is 396 g/mol. The minimum Gasteiger partial charge on any atom is -0.462 e. The summed E-state index contributed by atoms with van der Waals surface area (Å²) in [5.74, 6) is -0.618. The Kier molecular flexibility index (Phi) is 7.76. The summed E-state index contributed by atoms with van der Waals surface area (Å²) in [6.07, 6.45) is 0.846. The zero-order valence-corrected chi connectivity index (χ0v) is 18.1. The molecule has 6 heteroatoms. The molecule has 0 unspecified atom stereocenters. The highest BCUT2D eigenvalue weighted by Crippen LogP contribution is 2.36. The number of carbonyl (C=O) groups excluding carboxylic acids is 2. The van der Waals surface area contributed by atoms with E-state index in [9.17, 15) is 9.59 Å². The number of hydrogen-bond acceptors (Lipinski definition) is 5. The molecule has 5 nitrogen and oxygen atoms in total. The predicted octanol–water partition coefficient (Wildman–Crippen LogP) is 4.67. The third-order valence-electron chi connectivity index (χ3n) is 4.60.